The van der Waals surface area contributed by atoms with E-state index in [4.69, 9.17) is 4.74 Å². The third-order valence-electron chi connectivity index (χ3n) is 7.74. The minimum absolute atomic E-state index is 0.0373. The second-order valence-electron chi connectivity index (χ2n) is 10.3. The number of rotatable bonds is 12. The molecular weight excluding hydrogens is 496 g/mol. The lowest BCUT2D eigenvalue weighted by molar-refractivity contribution is -0.161. The number of nitrogens with one attached hydrogen (secondary N) is 2. The SMILES string of the molecule is O=C(NCCC[C@@H]1NC(=O)C2(CCN(CCc3ccccc3)CC2)N(CCCO)C1=O)OCc1ccccc1. The summed E-state index contributed by atoms with van der Waals surface area (Å²) >= 11 is 0. The van der Waals surface area contributed by atoms with Gasteiger partial charge < -0.3 is 30.3 Å². The molecule has 0 aliphatic carbocycles. The zero-order chi connectivity index (χ0) is 27.5. The topological polar surface area (TPSA) is 111 Å². The van der Waals surface area contributed by atoms with Gasteiger partial charge in [-0.25, -0.2) is 4.79 Å². The van der Waals surface area contributed by atoms with Crippen LogP contribution in [-0.4, -0.2) is 83.7 Å². The van der Waals surface area contributed by atoms with Crippen LogP contribution in [0.1, 0.15) is 43.2 Å². The average molecular weight is 537 g/mol. The summed E-state index contributed by atoms with van der Waals surface area (Å²) in [5.74, 6) is -0.213. The number of nitrogens with zero attached hydrogens (tertiary/aromatic N) is 2. The van der Waals surface area contributed by atoms with Crippen LogP contribution in [0, 0.1) is 0 Å². The molecule has 2 aromatic carbocycles. The molecule has 0 bridgehead atoms. The smallest absolute Gasteiger partial charge is 0.407 e. The summed E-state index contributed by atoms with van der Waals surface area (Å²) in [5, 5.41) is 15.2. The van der Waals surface area contributed by atoms with Gasteiger partial charge in [0, 0.05) is 39.3 Å². The summed E-state index contributed by atoms with van der Waals surface area (Å²) in [6.07, 6.45) is 2.95. The van der Waals surface area contributed by atoms with Gasteiger partial charge in [0.25, 0.3) is 0 Å². The molecule has 1 spiro atoms. The fraction of sp³-hybridized carbons (Fsp3) is 0.500. The van der Waals surface area contributed by atoms with Crippen molar-refractivity contribution in [1.29, 1.82) is 0 Å². The van der Waals surface area contributed by atoms with Gasteiger partial charge in [-0.15, -0.1) is 0 Å². The van der Waals surface area contributed by atoms with Crippen LogP contribution in [0.3, 0.4) is 0 Å². The zero-order valence-electron chi connectivity index (χ0n) is 22.5. The molecule has 2 heterocycles. The first-order valence-corrected chi connectivity index (χ1v) is 14.0. The van der Waals surface area contributed by atoms with Gasteiger partial charge in [0.2, 0.25) is 11.8 Å². The number of piperidine rings is 1. The molecule has 39 heavy (non-hydrogen) atoms. The Balaban J connectivity index is 1.26. The Morgan fingerprint density at radius 1 is 0.974 bits per heavy atom. The molecule has 210 valence electrons. The van der Waals surface area contributed by atoms with Crippen LogP contribution < -0.4 is 10.6 Å². The van der Waals surface area contributed by atoms with Crippen LogP contribution in [0.5, 0.6) is 0 Å². The summed E-state index contributed by atoms with van der Waals surface area (Å²) in [4.78, 5) is 43.1. The van der Waals surface area contributed by atoms with E-state index in [0.717, 1.165) is 31.6 Å². The maximum Gasteiger partial charge on any atom is 0.407 e. The summed E-state index contributed by atoms with van der Waals surface area (Å²) in [7, 11) is 0. The number of alkyl carbamates (subject to hydrolysis) is 1. The summed E-state index contributed by atoms with van der Waals surface area (Å²) in [6, 6.07) is 19.1. The van der Waals surface area contributed by atoms with Gasteiger partial charge in [-0.05, 0) is 49.7 Å². The van der Waals surface area contributed by atoms with Crippen LogP contribution in [-0.2, 0) is 27.4 Å². The number of likely N-dealkylation sites (tertiary alicyclic amines) is 1. The minimum Gasteiger partial charge on any atom is -0.445 e. The highest BCUT2D eigenvalue weighted by molar-refractivity contribution is 6.00. The number of aliphatic hydroxyl groups excluding tert-OH is 1. The minimum atomic E-state index is -0.870. The number of aliphatic hydroxyl groups is 1. The van der Waals surface area contributed by atoms with Gasteiger partial charge >= 0.3 is 6.09 Å². The predicted molar refractivity (Wildman–Crippen MR) is 148 cm³/mol. The van der Waals surface area contributed by atoms with Crippen molar-refractivity contribution in [2.24, 2.45) is 0 Å². The van der Waals surface area contributed by atoms with Crippen molar-refractivity contribution in [3.8, 4) is 0 Å². The highest BCUT2D eigenvalue weighted by Gasteiger charge is 2.53. The van der Waals surface area contributed by atoms with Crippen molar-refractivity contribution in [3.63, 3.8) is 0 Å². The van der Waals surface area contributed by atoms with E-state index in [9.17, 15) is 19.5 Å². The molecule has 4 rings (SSSR count). The third-order valence-corrected chi connectivity index (χ3v) is 7.74. The van der Waals surface area contributed by atoms with Crippen LogP contribution >= 0.6 is 0 Å². The summed E-state index contributed by atoms with van der Waals surface area (Å²) in [6.45, 7) is 3.24. The first kappa shape index (κ1) is 28.6. The molecule has 0 radical (unpaired) electrons. The standard InChI is InChI=1S/C30H40N4O5/c35-22-8-18-34-27(36)26(13-7-17-31-29(38)39-23-25-11-5-2-6-12-25)32-28(37)30(34)15-20-33(21-16-30)19-14-24-9-3-1-4-10-24/h1-6,9-12,26,35H,7-8,13-23H2,(H,31,38)(H,32,37)/t26-/m0/s1. The van der Waals surface area contributed by atoms with Gasteiger partial charge in [0.1, 0.15) is 18.2 Å². The maximum atomic E-state index is 13.5. The van der Waals surface area contributed by atoms with E-state index in [-0.39, 0.29) is 25.0 Å². The van der Waals surface area contributed by atoms with Crippen LogP contribution in [0.25, 0.3) is 0 Å². The molecule has 9 heteroatoms. The molecule has 9 nitrogen and oxygen atoms in total. The van der Waals surface area contributed by atoms with E-state index >= 15 is 0 Å². The Morgan fingerprint density at radius 3 is 2.31 bits per heavy atom. The Bertz CT molecular complexity index is 1070. The second-order valence-corrected chi connectivity index (χ2v) is 10.3. The molecule has 0 unspecified atom stereocenters. The summed E-state index contributed by atoms with van der Waals surface area (Å²) in [5.41, 5.74) is 1.32. The second kappa shape index (κ2) is 14.1. The molecule has 0 saturated carbocycles. The molecule has 2 aliphatic rings. The van der Waals surface area contributed by atoms with E-state index in [0.29, 0.717) is 45.2 Å². The van der Waals surface area contributed by atoms with E-state index in [1.807, 2.05) is 48.5 Å². The highest BCUT2D eigenvalue weighted by Crippen LogP contribution is 2.34. The zero-order valence-corrected chi connectivity index (χ0v) is 22.5. The number of amides is 3. The number of benzene rings is 2. The molecule has 0 aromatic heterocycles. The van der Waals surface area contributed by atoms with E-state index in [1.54, 1.807) is 4.90 Å². The molecule has 3 amide bonds. The molecule has 2 aliphatic heterocycles. The Hall–Kier alpha value is -3.43. The normalized spacial score (nSPS) is 19.1. The first-order valence-electron chi connectivity index (χ1n) is 14.0. The lowest BCUT2D eigenvalue weighted by Crippen LogP contribution is -2.73. The monoisotopic (exact) mass is 536 g/mol. The van der Waals surface area contributed by atoms with E-state index in [1.165, 1.54) is 5.56 Å². The molecule has 3 N–H and O–H groups in total. The molecular formula is C30H40N4O5. The Kier molecular flexibility index (Phi) is 10.3. The largest absolute Gasteiger partial charge is 0.445 e. The van der Waals surface area contributed by atoms with Crippen molar-refractivity contribution in [1.82, 2.24) is 20.4 Å². The van der Waals surface area contributed by atoms with Gasteiger partial charge in [0.05, 0.1) is 0 Å². The van der Waals surface area contributed by atoms with Gasteiger partial charge in [0.15, 0.2) is 0 Å². The predicted octanol–water partition coefficient (Wildman–Crippen LogP) is 2.48. The van der Waals surface area contributed by atoms with Crippen molar-refractivity contribution in [2.45, 2.75) is 56.7 Å². The molecule has 2 aromatic rings. The third kappa shape index (κ3) is 7.58. The van der Waals surface area contributed by atoms with Gasteiger partial charge in [-0.2, -0.15) is 0 Å². The van der Waals surface area contributed by atoms with Crippen molar-refractivity contribution >= 4 is 17.9 Å². The fourth-order valence-electron chi connectivity index (χ4n) is 5.47. The number of hydrogen-bond acceptors (Lipinski definition) is 6. The fourth-order valence-corrected chi connectivity index (χ4v) is 5.47. The van der Waals surface area contributed by atoms with Crippen LogP contribution in [0.4, 0.5) is 4.79 Å². The number of ether oxygens (including phenoxy) is 1. The number of hydrogen-bond donors (Lipinski definition) is 3. The van der Waals surface area contributed by atoms with Gasteiger partial charge in [-0.3, -0.25) is 9.59 Å². The molecule has 2 saturated heterocycles. The summed E-state index contributed by atoms with van der Waals surface area (Å²) < 4.78 is 5.22. The van der Waals surface area contributed by atoms with Gasteiger partial charge in [-0.1, -0.05) is 60.7 Å². The highest BCUT2D eigenvalue weighted by atomic mass is 16.5. The van der Waals surface area contributed by atoms with Crippen molar-refractivity contribution in [3.05, 3.63) is 71.8 Å². The lowest BCUT2D eigenvalue weighted by Gasteiger charge is -2.51. The number of carbonyl (C=O) groups is 3. The Labute approximate surface area is 230 Å². The first-order chi connectivity index (χ1) is 19.0. The number of piperazine rings is 1. The van der Waals surface area contributed by atoms with E-state index < -0.39 is 17.7 Å². The van der Waals surface area contributed by atoms with Crippen molar-refractivity contribution in [2.75, 3.05) is 39.3 Å². The molecule has 2 fully saturated rings. The van der Waals surface area contributed by atoms with Crippen molar-refractivity contribution < 1.29 is 24.2 Å². The average Bonchev–Trinajstić information content (AvgIpc) is 2.97. The number of carbonyl (C=O) groups excluding carboxylic acids is 3. The molecule has 1 atom stereocenters. The Morgan fingerprint density at radius 2 is 1.64 bits per heavy atom. The lowest BCUT2D eigenvalue weighted by atomic mass is 9.81. The van der Waals surface area contributed by atoms with Crippen LogP contribution in [0.15, 0.2) is 60.7 Å². The van der Waals surface area contributed by atoms with Crippen LogP contribution in [0.2, 0.25) is 0 Å². The van der Waals surface area contributed by atoms with E-state index in [2.05, 4.69) is 27.7 Å². The quantitative estimate of drug-likeness (QED) is 0.360. The maximum absolute atomic E-state index is 13.5.